The lowest BCUT2D eigenvalue weighted by Gasteiger charge is -2.34. The molecule has 0 radical (unpaired) electrons. The molecular weight excluding hydrogens is 184 g/mol. The highest BCUT2D eigenvalue weighted by atomic mass is 14.9. The average Bonchev–Trinajstić information content (AvgIpc) is 2.55. The number of hydrogen-bond donors (Lipinski definition) is 2. The molecule has 2 unspecified atom stereocenters. The van der Waals surface area contributed by atoms with E-state index >= 15 is 0 Å². The van der Waals surface area contributed by atoms with Gasteiger partial charge in [0.2, 0.25) is 0 Å². The van der Waals surface area contributed by atoms with Crippen LogP contribution in [0.5, 0.6) is 0 Å². The number of rotatable bonds is 2. The van der Waals surface area contributed by atoms with Gasteiger partial charge < -0.3 is 11.1 Å². The fourth-order valence-corrected chi connectivity index (χ4v) is 3.61. The second-order valence-electron chi connectivity index (χ2n) is 5.39. The fraction of sp³-hybridized carbons (Fsp3) is 1.00. The standard InChI is InChI=1S/C13H26N2/c14-10-12-6-8-15-9-7-13(12)11-4-2-1-3-5-11/h11-13,15H,1-10,14H2. The SMILES string of the molecule is NCC1CCNCCC1C1CCCCC1. The van der Waals surface area contributed by atoms with Gasteiger partial charge in [-0.3, -0.25) is 0 Å². The Labute approximate surface area is 94.0 Å². The smallest absolute Gasteiger partial charge is 0.00456 e. The maximum absolute atomic E-state index is 5.94. The Morgan fingerprint density at radius 3 is 2.40 bits per heavy atom. The predicted octanol–water partition coefficient (Wildman–Crippen LogP) is 2.14. The summed E-state index contributed by atoms with van der Waals surface area (Å²) in [5.41, 5.74) is 5.94. The Balaban J connectivity index is 1.95. The number of hydrogen-bond acceptors (Lipinski definition) is 2. The molecule has 2 heteroatoms. The van der Waals surface area contributed by atoms with Gasteiger partial charge >= 0.3 is 0 Å². The van der Waals surface area contributed by atoms with E-state index in [1.54, 1.807) is 0 Å². The van der Waals surface area contributed by atoms with E-state index in [2.05, 4.69) is 5.32 Å². The highest BCUT2D eigenvalue weighted by Crippen LogP contribution is 2.37. The van der Waals surface area contributed by atoms with E-state index in [4.69, 9.17) is 5.73 Å². The van der Waals surface area contributed by atoms with Gasteiger partial charge in [-0.15, -0.1) is 0 Å². The minimum Gasteiger partial charge on any atom is -0.330 e. The first kappa shape index (κ1) is 11.4. The van der Waals surface area contributed by atoms with Crippen LogP contribution in [0.2, 0.25) is 0 Å². The van der Waals surface area contributed by atoms with E-state index in [-0.39, 0.29) is 0 Å². The monoisotopic (exact) mass is 210 g/mol. The van der Waals surface area contributed by atoms with Crippen LogP contribution in [0.4, 0.5) is 0 Å². The first-order valence-electron chi connectivity index (χ1n) is 6.82. The number of nitrogens with one attached hydrogen (secondary N) is 1. The Bertz CT molecular complexity index is 175. The molecule has 1 heterocycles. The van der Waals surface area contributed by atoms with Crippen molar-refractivity contribution in [2.75, 3.05) is 19.6 Å². The summed E-state index contributed by atoms with van der Waals surface area (Å²) in [6, 6.07) is 0. The lowest BCUT2D eigenvalue weighted by molar-refractivity contribution is 0.175. The van der Waals surface area contributed by atoms with Crippen molar-refractivity contribution in [1.29, 1.82) is 0 Å². The van der Waals surface area contributed by atoms with Gasteiger partial charge in [0.15, 0.2) is 0 Å². The van der Waals surface area contributed by atoms with Gasteiger partial charge in [-0.1, -0.05) is 32.1 Å². The first-order chi connectivity index (χ1) is 7.42. The molecule has 0 aromatic rings. The summed E-state index contributed by atoms with van der Waals surface area (Å²) in [7, 11) is 0. The van der Waals surface area contributed by atoms with Gasteiger partial charge in [-0.25, -0.2) is 0 Å². The second-order valence-corrected chi connectivity index (χ2v) is 5.39. The second kappa shape index (κ2) is 5.86. The largest absolute Gasteiger partial charge is 0.330 e. The summed E-state index contributed by atoms with van der Waals surface area (Å²) in [5.74, 6) is 2.71. The molecule has 15 heavy (non-hydrogen) atoms. The van der Waals surface area contributed by atoms with Gasteiger partial charge in [0, 0.05) is 0 Å². The van der Waals surface area contributed by atoms with Crippen molar-refractivity contribution < 1.29 is 0 Å². The first-order valence-corrected chi connectivity index (χ1v) is 6.82. The Kier molecular flexibility index (Phi) is 4.45. The van der Waals surface area contributed by atoms with E-state index in [1.807, 2.05) is 0 Å². The molecule has 88 valence electrons. The van der Waals surface area contributed by atoms with Gasteiger partial charge in [0.1, 0.15) is 0 Å². The van der Waals surface area contributed by atoms with Crippen LogP contribution >= 0.6 is 0 Å². The van der Waals surface area contributed by atoms with Crippen molar-refractivity contribution >= 4 is 0 Å². The van der Waals surface area contributed by atoms with Crippen LogP contribution in [-0.4, -0.2) is 19.6 Å². The van der Waals surface area contributed by atoms with Crippen LogP contribution in [-0.2, 0) is 0 Å². The molecule has 1 aliphatic heterocycles. The zero-order valence-corrected chi connectivity index (χ0v) is 9.88. The van der Waals surface area contributed by atoms with Crippen LogP contribution < -0.4 is 11.1 Å². The molecule has 1 aliphatic carbocycles. The normalized spacial score (nSPS) is 35.0. The van der Waals surface area contributed by atoms with Gasteiger partial charge in [-0.05, 0) is 50.2 Å². The molecule has 2 atom stereocenters. The van der Waals surface area contributed by atoms with E-state index in [0.717, 1.165) is 24.3 Å². The lowest BCUT2D eigenvalue weighted by atomic mass is 9.72. The van der Waals surface area contributed by atoms with Crippen molar-refractivity contribution in [3.8, 4) is 0 Å². The van der Waals surface area contributed by atoms with Crippen LogP contribution in [0, 0.1) is 17.8 Å². The van der Waals surface area contributed by atoms with Crippen molar-refractivity contribution in [3.63, 3.8) is 0 Å². The third kappa shape index (κ3) is 2.94. The average molecular weight is 210 g/mol. The summed E-state index contributed by atoms with van der Waals surface area (Å²) in [5, 5.41) is 3.53. The summed E-state index contributed by atoms with van der Waals surface area (Å²) in [6.45, 7) is 3.31. The number of nitrogens with two attached hydrogens (primary N) is 1. The fourth-order valence-electron chi connectivity index (χ4n) is 3.61. The highest BCUT2D eigenvalue weighted by molar-refractivity contribution is 4.83. The molecule has 3 N–H and O–H groups in total. The van der Waals surface area contributed by atoms with E-state index in [0.29, 0.717) is 0 Å². The van der Waals surface area contributed by atoms with E-state index in [1.165, 1.54) is 58.0 Å². The van der Waals surface area contributed by atoms with E-state index in [9.17, 15) is 0 Å². The maximum Gasteiger partial charge on any atom is -0.00456 e. The van der Waals surface area contributed by atoms with Gasteiger partial charge in [0.05, 0.1) is 0 Å². The van der Waals surface area contributed by atoms with Crippen LogP contribution in [0.15, 0.2) is 0 Å². The molecule has 0 bridgehead atoms. The predicted molar refractivity (Wildman–Crippen MR) is 64.7 cm³/mol. The minimum atomic E-state index is 0.795. The van der Waals surface area contributed by atoms with Crippen molar-refractivity contribution in [2.45, 2.75) is 44.9 Å². The molecule has 0 aromatic carbocycles. The summed E-state index contributed by atoms with van der Waals surface area (Å²) in [6.07, 6.45) is 10.0. The third-order valence-electron chi connectivity index (χ3n) is 4.51. The maximum atomic E-state index is 5.94. The summed E-state index contributed by atoms with van der Waals surface area (Å²) in [4.78, 5) is 0. The van der Waals surface area contributed by atoms with Crippen molar-refractivity contribution in [3.05, 3.63) is 0 Å². The van der Waals surface area contributed by atoms with Crippen LogP contribution in [0.25, 0.3) is 0 Å². The topological polar surface area (TPSA) is 38.0 Å². The van der Waals surface area contributed by atoms with Crippen LogP contribution in [0.1, 0.15) is 44.9 Å². The highest BCUT2D eigenvalue weighted by Gasteiger charge is 2.30. The molecular formula is C13H26N2. The molecule has 2 fully saturated rings. The zero-order valence-electron chi connectivity index (χ0n) is 9.88. The zero-order chi connectivity index (χ0) is 10.5. The van der Waals surface area contributed by atoms with E-state index < -0.39 is 0 Å². The summed E-state index contributed by atoms with van der Waals surface area (Å²) >= 11 is 0. The molecule has 2 rings (SSSR count). The minimum absolute atomic E-state index is 0.795. The van der Waals surface area contributed by atoms with Gasteiger partial charge in [0.25, 0.3) is 0 Å². The van der Waals surface area contributed by atoms with Crippen molar-refractivity contribution in [1.82, 2.24) is 5.32 Å². The molecule has 2 aliphatic rings. The van der Waals surface area contributed by atoms with Crippen LogP contribution in [0.3, 0.4) is 0 Å². The molecule has 0 amide bonds. The Morgan fingerprint density at radius 1 is 0.933 bits per heavy atom. The molecule has 0 spiro atoms. The lowest BCUT2D eigenvalue weighted by Crippen LogP contribution is -2.30. The van der Waals surface area contributed by atoms with Crippen molar-refractivity contribution in [2.24, 2.45) is 23.5 Å². The Morgan fingerprint density at radius 2 is 1.67 bits per heavy atom. The molecule has 2 nitrogen and oxygen atoms in total. The Hall–Kier alpha value is -0.0800. The quantitative estimate of drug-likeness (QED) is 0.733. The molecule has 1 saturated carbocycles. The third-order valence-corrected chi connectivity index (χ3v) is 4.51. The molecule has 1 saturated heterocycles. The summed E-state index contributed by atoms with van der Waals surface area (Å²) < 4.78 is 0. The van der Waals surface area contributed by atoms with Gasteiger partial charge in [-0.2, -0.15) is 0 Å². The molecule has 0 aromatic heterocycles.